The number of benzene rings is 2. The van der Waals surface area contributed by atoms with Gasteiger partial charge in [0.1, 0.15) is 17.4 Å². The average Bonchev–Trinajstić information content (AvgIpc) is 2.96. The summed E-state index contributed by atoms with van der Waals surface area (Å²) in [6.07, 6.45) is -1.46. The van der Waals surface area contributed by atoms with E-state index in [1.165, 1.54) is 18.2 Å². The minimum Gasteiger partial charge on any atom is -0.465 e. The Balaban J connectivity index is 1.78. The lowest BCUT2D eigenvalue weighted by atomic mass is 10.0. The molecule has 0 amide bonds. The summed E-state index contributed by atoms with van der Waals surface area (Å²) in [5, 5.41) is 0. The molecule has 1 atom stereocenters. The van der Waals surface area contributed by atoms with Crippen LogP contribution in [0.25, 0.3) is 0 Å². The van der Waals surface area contributed by atoms with Crippen LogP contribution in [0.2, 0.25) is 0 Å². The summed E-state index contributed by atoms with van der Waals surface area (Å²) in [4.78, 5) is 24.0. The molecule has 0 fully saturated rings. The van der Waals surface area contributed by atoms with Gasteiger partial charge in [0.15, 0.2) is 6.10 Å². The molecule has 1 unspecified atom stereocenters. The minimum absolute atomic E-state index is 0.0114. The Morgan fingerprint density at radius 1 is 1.17 bits per heavy atom. The van der Waals surface area contributed by atoms with Crippen LogP contribution >= 0.6 is 0 Å². The van der Waals surface area contributed by atoms with Gasteiger partial charge < -0.3 is 19.4 Å². The van der Waals surface area contributed by atoms with Gasteiger partial charge in [-0.15, -0.1) is 0 Å². The summed E-state index contributed by atoms with van der Waals surface area (Å²) in [7, 11) is -3.25. The molecular formula is C19H15F2NO7S. The van der Waals surface area contributed by atoms with Crippen molar-refractivity contribution in [3.63, 3.8) is 0 Å². The maximum atomic E-state index is 14.1. The third-order valence-corrected chi connectivity index (χ3v) is 5.21. The number of hydrogen-bond donors (Lipinski definition) is 1. The summed E-state index contributed by atoms with van der Waals surface area (Å²) in [6, 6.07) is 7.84. The number of nitrogens with two attached hydrogens (primary N) is 1. The number of carbonyl (C=O) groups is 2. The largest absolute Gasteiger partial charge is 0.465 e. The van der Waals surface area contributed by atoms with Gasteiger partial charge in [-0.3, -0.25) is 4.79 Å². The summed E-state index contributed by atoms with van der Waals surface area (Å²) in [5.74, 6) is -5.36. The van der Waals surface area contributed by atoms with Crippen LogP contribution in [-0.2, 0) is 34.3 Å². The van der Waals surface area contributed by atoms with Crippen molar-refractivity contribution in [1.82, 2.24) is 0 Å². The molecule has 158 valence electrons. The van der Waals surface area contributed by atoms with Crippen molar-refractivity contribution in [1.29, 1.82) is 0 Å². The van der Waals surface area contributed by atoms with Gasteiger partial charge >= 0.3 is 16.1 Å². The predicted molar refractivity (Wildman–Crippen MR) is 97.9 cm³/mol. The van der Waals surface area contributed by atoms with Gasteiger partial charge in [-0.25, -0.2) is 13.6 Å². The zero-order chi connectivity index (χ0) is 22.1. The first-order valence-corrected chi connectivity index (χ1v) is 9.94. The molecule has 11 heteroatoms. The van der Waals surface area contributed by atoms with Crippen LogP contribution in [0.5, 0.6) is 0 Å². The van der Waals surface area contributed by atoms with Crippen molar-refractivity contribution in [3.8, 4) is 0 Å². The molecule has 1 aliphatic heterocycles. The molecule has 2 aromatic carbocycles. The monoisotopic (exact) mass is 439 g/mol. The van der Waals surface area contributed by atoms with Gasteiger partial charge in [-0.2, -0.15) is 8.42 Å². The fourth-order valence-corrected chi connectivity index (χ4v) is 3.76. The Hall–Kier alpha value is -3.47. The molecule has 8 nitrogen and oxygen atoms in total. The van der Waals surface area contributed by atoms with Gasteiger partial charge in [-0.05, 0) is 29.8 Å². The first kappa shape index (κ1) is 21.2. The van der Waals surface area contributed by atoms with E-state index in [4.69, 9.17) is 14.7 Å². The summed E-state index contributed by atoms with van der Waals surface area (Å²) >= 11 is 0. The first-order chi connectivity index (χ1) is 14.1. The Labute approximate surface area is 170 Å². The Morgan fingerprint density at radius 2 is 1.83 bits per heavy atom. The highest BCUT2D eigenvalue weighted by Crippen LogP contribution is 2.33. The molecule has 2 aromatic rings. The van der Waals surface area contributed by atoms with Gasteiger partial charge in [0, 0.05) is 5.56 Å². The van der Waals surface area contributed by atoms with E-state index in [1.54, 1.807) is 0 Å². The summed E-state index contributed by atoms with van der Waals surface area (Å²) < 4.78 is 66.0. The van der Waals surface area contributed by atoms with Crippen molar-refractivity contribution >= 4 is 21.9 Å². The topological polar surface area (TPSA) is 122 Å². The molecule has 2 N–H and O–H groups in total. The van der Waals surface area contributed by atoms with Gasteiger partial charge in [0.2, 0.25) is 17.4 Å². The third kappa shape index (κ3) is 4.40. The normalized spacial score (nSPS) is 16.4. The van der Waals surface area contributed by atoms with E-state index < -0.39 is 57.0 Å². The maximum absolute atomic E-state index is 14.1. The number of carbonyl (C=O) groups excluding carboxylic acids is 2. The van der Waals surface area contributed by atoms with E-state index in [0.29, 0.717) is 0 Å². The van der Waals surface area contributed by atoms with Gasteiger partial charge in [0.05, 0.1) is 12.7 Å². The molecule has 0 radical (unpaired) electrons. The Morgan fingerprint density at radius 3 is 2.43 bits per heavy atom. The second-order valence-electron chi connectivity index (χ2n) is 6.20. The maximum Gasteiger partial charge on any atom is 0.340 e. The molecule has 30 heavy (non-hydrogen) atoms. The fraction of sp³-hybridized carbons (Fsp3) is 0.158. The van der Waals surface area contributed by atoms with Crippen LogP contribution in [-0.4, -0.2) is 27.3 Å². The summed E-state index contributed by atoms with van der Waals surface area (Å²) in [6.45, 7) is 0. The lowest BCUT2D eigenvalue weighted by Crippen LogP contribution is -2.16. The minimum atomic E-state index is -4.33. The van der Waals surface area contributed by atoms with Gasteiger partial charge in [-0.1, -0.05) is 18.2 Å². The molecular weight excluding hydrogens is 424 g/mol. The van der Waals surface area contributed by atoms with Crippen molar-refractivity contribution in [2.75, 3.05) is 7.11 Å². The van der Waals surface area contributed by atoms with Crippen LogP contribution < -0.4 is 5.73 Å². The van der Waals surface area contributed by atoms with E-state index in [9.17, 15) is 26.8 Å². The van der Waals surface area contributed by atoms with Crippen LogP contribution in [0.4, 0.5) is 8.78 Å². The Bertz CT molecular complexity index is 1140. The van der Waals surface area contributed by atoms with E-state index in [2.05, 4.69) is 4.74 Å². The molecule has 1 heterocycles. The quantitative estimate of drug-likeness (QED) is 0.536. The smallest absolute Gasteiger partial charge is 0.340 e. The van der Waals surface area contributed by atoms with E-state index >= 15 is 0 Å². The molecule has 0 bridgehead atoms. The van der Waals surface area contributed by atoms with Crippen molar-refractivity contribution in [3.05, 3.63) is 82.4 Å². The number of halogens is 2. The molecule has 0 aliphatic carbocycles. The average molecular weight is 439 g/mol. The SMILES string of the molecule is COC(=O)c1ccc(C2OC(N)=C(OS(=O)(=O)Cc3ccc(F)cc3)C2=O)cc1F. The van der Waals surface area contributed by atoms with Crippen LogP contribution in [0.1, 0.15) is 27.6 Å². The molecule has 0 saturated heterocycles. The molecule has 0 aromatic heterocycles. The van der Waals surface area contributed by atoms with Crippen LogP contribution in [0.15, 0.2) is 54.1 Å². The predicted octanol–water partition coefficient (Wildman–Crippen LogP) is 2.07. The number of ether oxygens (including phenoxy) is 2. The Kier molecular flexibility index (Phi) is 5.74. The second-order valence-corrected chi connectivity index (χ2v) is 7.77. The molecule has 3 rings (SSSR count). The van der Waals surface area contributed by atoms with E-state index in [0.717, 1.165) is 31.4 Å². The van der Waals surface area contributed by atoms with Crippen LogP contribution in [0, 0.1) is 11.6 Å². The third-order valence-electron chi connectivity index (χ3n) is 4.10. The zero-order valence-electron chi connectivity index (χ0n) is 15.4. The second kappa shape index (κ2) is 8.11. The number of esters is 1. The number of methoxy groups -OCH3 is 1. The molecule has 1 aliphatic rings. The van der Waals surface area contributed by atoms with Crippen LogP contribution in [0.3, 0.4) is 0 Å². The lowest BCUT2D eigenvalue weighted by molar-refractivity contribution is -0.123. The molecule has 0 spiro atoms. The van der Waals surface area contributed by atoms with E-state index in [1.807, 2.05) is 0 Å². The summed E-state index contributed by atoms with van der Waals surface area (Å²) in [5.41, 5.74) is 5.44. The van der Waals surface area contributed by atoms with Crippen molar-refractivity contribution in [2.45, 2.75) is 11.9 Å². The highest BCUT2D eigenvalue weighted by Gasteiger charge is 2.40. The fourth-order valence-electron chi connectivity index (χ4n) is 2.69. The number of ketones is 1. The first-order valence-electron chi connectivity index (χ1n) is 8.36. The lowest BCUT2D eigenvalue weighted by Gasteiger charge is -2.11. The standard InChI is InChI=1S/C19H15F2NO7S/c1-27-19(24)13-7-4-11(8-14(13)21)16-15(23)17(18(22)28-16)29-30(25,26)9-10-2-5-12(20)6-3-10/h2-8,16H,9,22H2,1H3. The van der Waals surface area contributed by atoms with Crippen molar-refractivity contribution < 1.29 is 40.4 Å². The van der Waals surface area contributed by atoms with Crippen molar-refractivity contribution in [2.24, 2.45) is 5.73 Å². The molecule has 0 saturated carbocycles. The number of Topliss-reactive ketones (excluding diaryl/α,β-unsaturated/α-hetero) is 1. The highest BCUT2D eigenvalue weighted by molar-refractivity contribution is 7.86. The number of rotatable bonds is 6. The highest BCUT2D eigenvalue weighted by atomic mass is 32.2. The van der Waals surface area contributed by atoms with E-state index in [-0.39, 0.29) is 16.7 Å². The zero-order valence-corrected chi connectivity index (χ0v) is 16.2. The number of hydrogen-bond acceptors (Lipinski definition) is 8. The van der Waals surface area contributed by atoms with Gasteiger partial charge in [0.25, 0.3) is 0 Å².